The molecular formula is C24H25Cl2N3O4. The highest BCUT2D eigenvalue weighted by Gasteiger charge is 2.27. The maximum atomic E-state index is 12.6. The van der Waals surface area contributed by atoms with Crippen molar-refractivity contribution in [1.29, 1.82) is 0 Å². The molecule has 0 radical (unpaired) electrons. The lowest BCUT2D eigenvalue weighted by Gasteiger charge is -2.20. The number of esters is 1. The maximum Gasteiger partial charge on any atom is 0.328 e. The summed E-state index contributed by atoms with van der Waals surface area (Å²) < 4.78 is 5.23. The standard InChI is InChI=1S/C24H25Cl2N3O4/c1-3-16-19(9-10-21(16)30)28-20(24(32)33-4-2)11-14-5-7-15(8-6-14)23(31)29-22-17(25)12-27-13-18(22)26/h5-8,12-13,20,28H,3-4,9-11H2,1-2H3,(H,27,29,31)/t20-/m0/s1. The van der Waals surface area contributed by atoms with Crippen LogP contribution in [0, 0.1) is 0 Å². The summed E-state index contributed by atoms with van der Waals surface area (Å²) in [6.45, 7) is 3.93. The van der Waals surface area contributed by atoms with Gasteiger partial charge in [0.15, 0.2) is 5.78 Å². The van der Waals surface area contributed by atoms with Gasteiger partial charge >= 0.3 is 5.97 Å². The first-order chi connectivity index (χ1) is 15.8. The maximum absolute atomic E-state index is 12.6. The van der Waals surface area contributed by atoms with Crippen LogP contribution in [0.15, 0.2) is 47.9 Å². The fraction of sp³-hybridized carbons (Fsp3) is 0.333. The van der Waals surface area contributed by atoms with Gasteiger partial charge in [-0.25, -0.2) is 4.79 Å². The highest BCUT2D eigenvalue weighted by molar-refractivity contribution is 6.39. The number of nitrogens with one attached hydrogen (secondary N) is 2. The van der Waals surface area contributed by atoms with Gasteiger partial charge < -0.3 is 15.4 Å². The van der Waals surface area contributed by atoms with Crippen molar-refractivity contribution in [2.45, 2.75) is 45.6 Å². The van der Waals surface area contributed by atoms with E-state index >= 15 is 0 Å². The third-order valence-corrected chi connectivity index (χ3v) is 5.90. The lowest BCUT2D eigenvalue weighted by molar-refractivity contribution is -0.145. The first kappa shape index (κ1) is 24.7. The molecular weight excluding hydrogens is 465 g/mol. The second kappa shape index (κ2) is 11.3. The number of hydrogen-bond acceptors (Lipinski definition) is 6. The van der Waals surface area contributed by atoms with Crippen LogP contribution >= 0.6 is 23.2 Å². The Labute approximate surface area is 202 Å². The van der Waals surface area contributed by atoms with Crippen molar-refractivity contribution in [3.8, 4) is 0 Å². The van der Waals surface area contributed by atoms with Crippen molar-refractivity contribution in [3.05, 3.63) is 69.1 Å². The Bertz CT molecular complexity index is 1060. The Kier molecular flexibility index (Phi) is 8.47. The molecule has 1 aromatic carbocycles. The number of hydrogen-bond donors (Lipinski definition) is 2. The summed E-state index contributed by atoms with van der Waals surface area (Å²) >= 11 is 12.1. The summed E-state index contributed by atoms with van der Waals surface area (Å²) in [5.74, 6) is -0.644. The zero-order valence-corrected chi connectivity index (χ0v) is 19.9. The fourth-order valence-corrected chi connectivity index (χ4v) is 4.13. The molecule has 0 unspecified atom stereocenters. The van der Waals surface area contributed by atoms with E-state index in [4.69, 9.17) is 27.9 Å². The van der Waals surface area contributed by atoms with Crippen molar-refractivity contribution in [2.24, 2.45) is 0 Å². The minimum absolute atomic E-state index is 0.118. The number of anilines is 1. The predicted molar refractivity (Wildman–Crippen MR) is 127 cm³/mol. The van der Waals surface area contributed by atoms with Gasteiger partial charge in [0, 0.05) is 42.1 Å². The number of nitrogens with zero attached hydrogens (tertiary/aromatic N) is 1. The third-order valence-electron chi connectivity index (χ3n) is 5.32. The Hall–Kier alpha value is -2.90. The molecule has 0 aliphatic heterocycles. The van der Waals surface area contributed by atoms with Crippen molar-refractivity contribution >= 4 is 46.5 Å². The van der Waals surface area contributed by atoms with E-state index in [2.05, 4.69) is 15.6 Å². The van der Waals surface area contributed by atoms with Gasteiger partial charge in [0.1, 0.15) is 6.04 Å². The highest BCUT2D eigenvalue weighted by atomic mass is 35.5. The van der Waals surface area contributed by atoms with Crippen LogP contribution in [0.3, 0.4) is 0 Å². The zero-order valence-electron chi connectivity index (χ0n) is 18.4. The Morgan fingerprint density at radius 3 is 2.36 bits per heavy atom. The number of carbonyl (C=O) groups excluding carboxylic acids is 3. The molecule has 1 aliphatic carbocycles. The number of carbonyl (C=O) groups is 3. The molecule has 0 saturated carbocycles. The van der Waals surface area contributed by atoms with Crippen LogP contribution in [-0.2, 0) is 20.7 Å². The molecule has 1 aromatic heterocycles. The SMILES string of the molecule is CCOC(=O)[C@H](Cc1ccc(C(=O)Nc2c(Cl)cncc2Cl)cc1)NC1=C(CC)C(=O)CC1. The molecule has 1 heterocycles. The Morgan fingerprint density at radius 2 is 1.76 bits per heavy atom. The summed E-state index contributed by atoms with van der Waals surface area (Å²) in [6.07, 6.45) is 4.80. The van der Waals surface area contributed by atoms with Gasteiger partial charge in [0.2, 0.25) is 0 Å². The molecule has 9 heteroatoms. The molecule has 1 aliphatic rings. The number of ketones is 1. The van der Waals surface area contributed by atoms with Crippen molar-refractivity contribution in [2.75, 3.05) is 11.9 Å². The first-order valence-corrected chi connectivity index (χ1v) is 11.5. The van der Waals surface area contributed by atoms with Gasteiger partial charge in [0.05, 0.1) is 22.3 Å². The molecule has 2 aromatic rings. The van der Waals surface area contributed by atoms with Crippen LogP contribution in [0.4, 0.5) is 5.69 Å². The van der Waals surface area contributed by atoms with E-state index in [9.17, 15) is 14.4 Å². The monoisotopic (exact) mass is 489 g/mol. The number of aromatic nitrogens is 1. The van der Waals surface area contributed by atoms with Crippen LogP contribution in [0.2, 0.25) is 10.0 Å². The Balaban J connectivity index is 1.73. The minimum Gasteiger partial charge on any atom is -0.464 e. The fourth-order valence-electron chi connectivity index (χ4n) is 3.67. The molecule has 7 nitrogen and oxygen atoms in total. The lowest BCUT2D eigenvalue weighted by Crippen LogP contribution is -2.39. The summed E-state index contributed by atoms with van der Waals surface area (Å²) in [5.41, 5.74) is 3.08. The van der Waals surface area contributed by atoms with Gasteiger partial charge in [-0.05, 0) is 37.5 Å². The second-order valence-electron chi connectivity index (χ2n) is 7.52. The van der Waals surface area contributed by atoms with Crippen LogP contribution in [-0.4, -0.2) is 35.3 Å². The molecule has 174 valence electrons. The number of amides is 1. The van der Waals surface area contributed by atoms with Gasteiger partial charge in [-0.1, -0.05) is 42.3 Å². The number of halogens is 2. The van der Waals surface area contributed by atoms with E-state index in [-0.39, 0.29) is 34.3 Å². The number of ether oxygens (including phenoxy) is 1. The van der Waals surface area contributed by atoms with Crippen LogP contribution in [0.5, 0.6) is 0 Å². The molecule has 0 fully saturated rings. The molecule has 2 N–H and O–H groups in total. The molecule has 0 spiro atoms. The van der Waals surface area contributed by atoms with Crippen LogP contribution < -0.4 is 10.6 Å². The van der Waals surface area contributed by atoms with Gasteiger partial charge in [-0.2, -0.15) is 0 Å². The first-order valence-electron chi connectivity index (χ1n) is 10.7. The molecule has 0 bridgehead atoms. The number of benzene rings is 1. The molecule has 1 amide bonds. The van der Waals surface area contributed by atoms with E-state index in [1.54, 1.807) is 31.2 Å². The summed E-state index contributed by atoms with van der Waals surface area (Å²) in [7, 11) is 0. The van der Waals surface area contributed by atoms with Crippen molar-refractivity contribution in [1.82, 2.24) is 10.3 Å². The van der Waals surface area contributed by atoms with E-state index in [0.717, 1.165) is 16.8 Å². The number of Topliss-reactive ketones (excluding diaryl/α,β-unsaturated/α-hetero) is 1. The Morgan fingerprint density at radius 1 is 1.09 bits per heavy atom. The third kappa shape index (κ3) is 6.12. The van der Waals surface area contributed by atoms with Gasteiger partial charge in [-0.3, -0.25) is 14.6 Å². The van der Waals surface area contributed by atoms with Crippen LogP contribution in [0.1, 0.15) is 49.0 Å². The molecule has 1 atom stereocenters. The quantitative estimate of drug-likeness (QED) is 0.494. The summed E-state index contributed by atoms with van der Waals surface area (Å²) in [5, 5.41) is 6.39. The highest BCUT2D eigenvalue weighted by Crippen LogP contribution is 2.29. The average molecular weight is 490 g/mol. The number of pyridine rings is 1. The van der Waals surface area contributed by atoms with Crippen LogP contribution in [0.25, 0.3) is 0 Å². The predicted octanol–water partition coefficient (Wildman–Crippen LogP) is 4.73. The average Bonchev–Trinajstić information content (AvgIpc) is 3.15. The largest absolute Gasteiger partial charge is 0.464 e. The van der Waals surface area contributed by atoms with E-state index in [1.807, 2.05) is 6.92 Å². The van der Waals surface area contributed by atoms with Crippen molar-refractivity contribution < 1.29 is 19.1 Å². The lowest BCUT2D eigenvalue weighted by atomic mass is 10.0. The second-order valence-corrected chi connectivity index (χ2v) is 8.33. The zero-order chi connectivity index (χ0) is 24.0. The van der Waals surface area contributed by atoms with E-state index in [0.29, 0.717) is 36.9 Å². The molecule has 0 saturated heterocycles. The summed E-state index contributed by atoms with van der Waals surface area (Å²) in [4.78, 5) is 41.1. The summed E-state index contributed by atoms with van der Waals surface area (Å²) in [6, 6.07) is 6.22. The molecule has 3 rings (SSSR count). The topological polar surface area (TPSA) is 97.4 Å². The van der Waals surface area contributed by atoms with Gasteiger partial charge in [-0.15, -0.1) is 0 Å². The minimum atomic E-state index is -0.637. The van der Waals surface area contributed by atoms with Gasteiger partial charge in [0.25, 0.3) is 5.91 Å². The number of rotatable bonds is 9. The van der Waals surface area contributed by atoms with E-state index < -0.39 is 6.04 Å². The normalized spacial score (nSPS) is 14.2. The smallest absolute Gasteiger partial charge is 0.328 e. The van der Waals surface area contributed by atoms with E-state index in [1.165, 1.54) is 12.4 Å². The molecule has 33 heavy (non-hydrogen) atoms. The number of allylic oxidation sites excluding steroid dienone is 2. The van der Waals surface area contributed by atoms with Crippen molar-refractivity contribution in [3.63, 3.8) is 0 Å².